The molecule has 0 aliphatic rings. The minimum atomic E-state index is -2.32. The average molecular weight is 398 g/mol. The Hall–Kier alpha value is 1.10. The van der Waals surface area contributed by atoms with Crippen LogP contribution in [0.3, 0.4) is 0 Å². The van der Waals surface area contributed by atoms with Crippen LogP contribution in [0.2, 0.25) is 6.04 Å². The standard InChI is InChI=1S/C21H46O3Si.Na/c1-5-6-7-8-9-10-11-12-13-14-15-16-17-18-19-20-21-25(22-2,23-3)24-4;/h5-21H2,1-4H3;. The van der Waals surface area contributed by atoms with Gasteiger partial charge in [0.2, 0.25) is 0 Å². The van der Waals surface area contributed by atoms with Gasteiger partial charge in [-0.1, -0.05) is 103 Å². The van der Waals surface area contributed by atoms with E-state index >= 15 is 0 Å². The maximum atomic E-state index is 5.45. The van der Waals surface area contributed by atoms with E-state index in [1.807, 2.05) is 0 Å². The summed E-state index contributed by atoms with van der Waals surface area (Å²) in [4.78, 5) is 0. The average Bonchev–Trinajstić information content (AvgIpc) is 2.65. The quantitative estimate of drug-likeness (QED) is 0.168. The predicted molar refractivity (Wildman–Crippen MR) is 117 cm³/mol. The summed E-state index contributed by atoms with van der Waals surface area (Å²) < 4.78 is 16.4. The monoisotopic (exact) mass is 397 g/mol. The van der Waals surface area contributed by atoms with Crippen LogP contribution in [-0.2, 0) is 13.3 Å². The van der Waals surface area contributed by atoms with Crippen LogP contribution in [0, 0.1) is 0 Å². The first-order valence-corrected chi connectivity index (χ1v) is 12.8. The fourth-order valence-electron chi connectivity index (χ4n) is 3.45. The molecule has 0 aliphatic heterocycles. The first kappa shape index (κ1) is 29.3. The van der Waals surface area contributed by atoms with Gasteiger partial charge in [0, 0.05) is 56.9 Å². The van der Waals surface area contributed by atoms with E-state index < -0.39 is 8.80 Å². The number of hydrogen-bond donors (Lipinski definition) is 0. The van der Waals surface area contributed by atoms with Gasteiger partial charge in [0.25, 0.3) is 0 Å². The van der Waals surface area contributed by atoms with Crippen molar-refractivity contribution in [2.45, 2.75) is 116 Å². The molecule has 0 atom stereocenters. The second kappa shape index (κ2) is 22.4. The van der Waals surface area contributed by atoms with E-state index in [0.717, 1.165) is 12.5 Å². The molecule has 5 heteroatoms. The van der Waals surface area contributed by atoms with Crippen LogP contribution in [0.5, 0.6) is 0 Å². The molecule has 0 spiro atoms. The van der Waals surface area contributed by atoms with Crippen molar-refractivity contribution in [1.29, 1.82) is 0 Å². The Kier molecular flexibility index (Phi) is 25.2. The van der Waals surface area contributed by atoms with Crippen molar-refractivity contribution in [3.63, 3.8) is 0 Å². The molecule has 0 amide bonds. The molecule has 0 rings (SSSR count). The van der Waals surface area contributed by atoms with Gasteiger partial charge in [0.15, 0.2) is 0 Å². The molecule has 0 saturated heterocycles. The van der Waals surface area contributed by atoms with Gasteiger partial charge in [-0.05, 0) is 6.42 Å². The second-order valence-corrected chi connectivity index (χ2v) is 10.4. The van der Waals surface area contributed by atoms with Crippen LogP contribution in [0.1, 0.15) is 110 Å². The minimum absolute atomic E-state index is 0. The summed E-state index contributed by atoms with van der Waals surface area (Å²) in [6.45, 7) is 2.29. The summed E-state index contributed by atoms with van der Waals surface area (Å²) in [5.41, 5.74) is 0. The summed E-state index contributed by atoms with van der Waals surface area (Å²) in [5, 5.41) is 0. The molecule has 0 aromatic carbocycles. The third-order valence-electron chi connectivity index (χ3n) is 5.27. The first-order valence-electron chi connectivity index (χ1n) is 10.9. The van der Waals surface area contributed by atoms with Crippen LogP contribution in [0.4, 0.5) is 0 Å². The molecule has 3 nitrogen and oxygen atoms in total. The van der Waals surface area contributed by atoms with Crippen LogP contribution in [0.25, 0.3) is 0 Å². The van der Waals surface area contributed by atoms with Crippen LogP contribution in [-0.4, -0.2) is 59.7 Å². The SMILES string of the molecule is CCCCCCCCCCCCCCCCCC[Si](OC)(OC)OC.[Na]. The van der Waals surface area contributed by atoms with Crippen LogP contribution < -0.4 is 0 Å². The molecule has 0 aromatic heterocycles. The van der Waals surface area contributed by atoms with Crippen molar-refractivity contribution < 1.29 is 13.3 Å². The van der Waals surface area contributed by atoms with E-state index in [-0.39, 0.29) is 29.6 Å². The van der Waals surface area contributed by atoms with Gasteiger partial charge >= 0.3 is 8.80 Å². The predicted octanol–water partition coefficient (Wildman–Crippen LogP) is 6.75. The van der Waals surface area contributed by atoms with Crippen molar-refractivity contribution in [2.75, 3.05) is 21.3 Å². The molecule has 0 unspecified atom stereocenters. The summed E-state index contributed by atoms with van der Waals surface area (Å²) in [6.07, 6.45) is 22.3. The fourth-order valence-corrected chi connectivity index (χ4v) is 5.24. The molecule has 0 bridgehead atoms. The Morgan fingerprint density at radius 1 is 0.462 bits per heavy atom. The zero-order valence-electron chi connectivity index (χ0n) is 18.7. The summed E-state index contributed by atoms with van der Waals surface area (Å²) >= 11 is 0. The minimum Gasteiger partial charge on any atom is -0.377 e. The van der Waals surface area contributed by atoms with Gasteiger partial charge in [-0.25, -0.2) is 0 Å². The third-order valence-corrected chi connectivity index (χ3v) is 8.10. The van der Waals surface area contributed by atoms with Crippen molar-refractivity contribution in [3.05, 3.63) is 0 Å². The number of rotatable bonds is 20. The number of hydrogen-bond acceptors (Lipinski definition) is 3. The smallest absolute Gasteiger partial charge is 0.377 e. The molecule has 0 aromatic rings. The Labute approximate surface area is 188 Å². The van der Waals surface area contributed by atoms with E-state index in [2.05, 4.69) is 6.92 Å². The molecule has 26 heavy (non-hydrogen) atoms. The van der Waals surface area contributed by atoms with Gasteiger partial charge < -0.3 is 13.3 Å². The Morgan fingerprint density at radius 3 is 1.00 bits per heavy atom. The van der Waals surface area contributed by atoms with Crippen LogP contribution >= 0.6 is 0 Å². The largest absolute Gasteiger partial charge is 0.500 e. The van der Waals surface area contributed by atoms with Gasteiger partial charge in [0.05, 0.1) is 0 Å². The van der Waals surface area contributed by atoms with Gasteiger partial charge in [-0.15, -0.1) is 0 Å². The third kappa shape index (κ3) is 17.2. The van der Waals surface area contributed by atoms with Crippen molar-refractivity contribution in [2.24, 2.45) is 0 Å². The first-order chi connectivity index (χ1) is 12.2. The van der Waals surface area contributed by atoms with Gasteiger partial charge in [0.1, 0.15) is 0 Å². The van der Waals surface area contributed by atoms with Crippen molar-refractivity contribution in [3.8, 4) is 0 Å². The van der Waals surface area contributed by atoms with E-state index in [4.69, 9.17) is 13.3 Å². The Morgan fingerprint density at radius 2 is 0.731 bits per heavy atom. The van der Waals surface area contributed by atoms with E-state index in [9.17, 15) is 0 Å². The molecule has 0 saturated carbocycles. The normalized spacial score (nSPS) is 11.5. The molecule has 153 valence electrons. The summed E-state index contributed by atoms with van der Waals surface area (Å²) in [6, 6.07) is 0.939. The fraction of sp³-hybridized carbons (Fsp3) is 1.00. The molecule has 0 fully saturated rings. The molecule has 0 aliphatic carbocycles. The van der Waals surface area contributed by atoms with Crippen LogP contribution in [0.15, 0.2) is 0 Å². The zero-order valence-corrected chi connectivity index (χ0v) is 21.7. The van der Waals surface area contributed by atoms with Gasteiger partial charge in [-0.2, -0.15) is 0 Å². The van der Waals surface area contributed by atoms with E-state index in [1.165, 1.54) is 96.3 Å². The maximum Gasteiger partial charge on any atom is 0.500 e. The van der Waals surface area contributed by atoms with E-state index in [1.54, 1.807) is 21.3 Å². The van der Waals surface area contributed by atoms with Crippen molar-refractivity contribution >= 4 is 38.4 Å². The molecule has 0 N–H and O–H groups in total. The zero-order chi connectivity index (χ0) is 18.6. The summed E-state index contributed by atoms with van der Waals surface area (Å²) in [7, 11) is 2.78. The second-order valence-electron chi connectivity index (χ2n) is 7.35. The Bertz CT molecular complexity index is 255. The topological polar surface area (TPSA) is 27.7 Å². The van der Waals surface area contributed by atoms with E-state index in [0.29, 0.717) is 0 Å². The van der Waals surface area contributed by atoms with Gasteiger partial charge in [-0.3, -0.25) is 0 Å². The maximum absolute atomic E-state index is 5.45. The molecule has 0 heterocycles. The Balaban J connectivity index is 0. The van der Waals surface area contributed by atoms with Crippen molar-refractivity contribution in [1.82, 2.24) is 0 Å². The summed E-state index contributed by atoms with van der Waals surface area (Å²) in [5.74, 6) is 0. The molecular weight excluding hydrogens is 351 g/mol. The molecule has 1 radical (unpaired) electrons. The number of unbranched alkanes of at least 4 members (excludes halogenated alkanes) is 15. The molecular formula is C21H46NaO3Si.